The van der Waals surface area contributed by atoms with E-state index in [9.17, 15) is 0 Å². The van der Waals surface area contributed by atoms with Crippen LogP contribution in [0.2, 0.25) is 0 Å². The highest BCUT2D eigenvalue weighted by Gasteiger charge is 2.10. The SMILES string of the molecule is CN(C)CCN(Cc1ccc(Br)s1)c1ccccn1.Cl. The van der Waals surface area contributed by atoms with Crippen LogP contribution < -0.4 is 4.90 Å². The van der Waals surface area contributed by atoms with Crippen LogP contribution in [0.4, 0.5) is 5.82 Å². The van der Waals surface area contributed by atoms with Crippen molar-refractivity contribution in [3.63, 3.8) is 0 Å². The number of halogens is 2. The maximum Gasteiger partial charge on any atom is 0.128 e. The van der Waals surface area contributed by atoms with Gasteiger partial charge in [-0.15, -0.1) is 23.7 Å². The van der Waals surface area contributed by atoms with Crippen molar-refractivity contribution in [2.24, 2.45) is 0 Å². The molecule has 6 heteroatoms. The minimum absolute atomic E-state index is 0. The summed E-state index contributed by atoms with van der Waals surface area (Å²) in [6.07, 6.45) is 1.85. The van der Waals surface area contributed by atoms with E-state index in [0.717, 1.165) is 25.5 Å². The average Bonchev–Trinajstić information content (AvgIpc) is 2.81. The Morgan fingerprint density at radius 1 is 1.15 bits per heavy atom. The summed E-state index contributed by atoms with van der Waals surface area (Å²) >= 11 is 5.30. The topological polar surface area (TPSA) is 19.4 Å². The van der Waals surface area contributed by atoms with Crippen LogP contribution >= 0.6 is 39.7 Å². The van der Waals surface area contributed by atoms with E-state index < -0.39 is 0 Å². The fourth-order valence-corrected chi connectivity index (χ4v) is 3.26. The third-order valence-electron chi connectivity index (χ3n) is 2.77. The highest BCUT2D eigenvalue weighted by atomic mass is 79.9. The monoisotopic (exact) mass is 375 g/mol. The molecule has 0 atom stereocenters. The predicted molar refractivity (Wildman–Crippen MR) is 93.1 cm³/mol. The molecule has 3 nitrogen and oxygen atoms in total. The van der Waals surface area contributed by atoms with E-state index in [2.05, 4.69) is 63.0 Å². The normalized spacial score (nSPS) is 10.4. The van der Waals surface area contributed by atoms with Crippen LogP contribution in [0.1, 0.15) is 4.88 Å². The van der Waals surface area contributed by atoms with Gasteiger partial charge in [-0.3, -0.25) is 0 Å². The summed E-state index contributed by atoms with van der Waals surface area (Å²) in [6.45, 7) is 2.89. The van der Waals surface area contributed by atoms with Gasteiger partial charge in [-0.1, -0.05) is 6.07 Å². The molecular formula is C14H19BrClN3S. The first kappa shape index (κ1) is 17.4. The molecule has 2 heterocycles. The maximum atomic E-state index is 4.46. The minimum atomic E-state index is 0. The van der Waals surface area contributed by atoms with E-state index in [0.29, 0.717) is 0 Å². The van der Waals surface area contributed by atoms with E-state index in [-0.39, 0.29) is 12.4 Å². The van der Waals surface area contributed by atoms with Crippen molar-refractivity contribution < 1.29 is 0 Å². The first-order valence-electron chi connectivity index (χ1n) is 6.20. The van der Waals surface area contributed by atoms with Gasteiger partial charge in [-0.2, -0.15) is 0 Å². The lowest BCUT2D eigenvalue weighted by atomic mass is 10.3. The maximum absolute atomic E-state index is 4.46. The van der Waals surface area contributed by atoms with E-state index in [1.165, 1.54) is 8.66 Å². The Morgan fingerprint density at radius 3 is 2.50 bits per heavy atom. The molecule has 2 aromatic heterocycles. The second-order valence-electron chi connectivity index (χ2n) is 4.62. The van der Waals surface area contributed by atoms with Gasteiger partial charge in [0.25, 0.3) is 0 Å². The Hall–Kier alpha value is -0.620. The molecule has 0 aliphatic rings. The van der Waals surface area contributed by atoms with Gasteiger partial charge in [0.2, 0.25) is 0 Å². The quantitative estimate of drug-likeness (QED) is 0.762. The van der Waals surface area contributed by atoms with Crippen LogP contribution in [0.25, 0.3) is 0 Å². The molecule has 0 aromatic carbocycles. The minimum Gasteiger partial charge on any atom is -0.350 e. The number of aromatic nitrogens is 1. The Morgan fingerprint density at radius 2 is 1.95 bits per heavy atom. The summed E-state index contributed by atoms with van der Waals surface area (Å²) in [6, 6.07) is 10.3. The van der Waals surface area contributed by atoms with Gasteiger partial charge in [0.05, 0.1) is 10.3 Å². The standard InChI is InChI=1S/C14H18BrN3S.ClH/c1-17(2)9-10-18(14-5-3-4-8-16-14)11-12-6-7-13(15)19-12;/h3-8H,9-11H2,1-2H3;1H. The van der Waals surface area contributed by atoms with E-state index in [1.54, 1.807) is 11.3 Å². The number of anilines is 1. The lowest BCUT2D eigenvalue weighted by Crippen LogP contribution is -2.31. The molecule has 2 aromatic rings. The van der Waals surface area contributed by atoms with Crippen LogP contribution in [-0.2, 0) is 6.54 Å². The zero-order valence-electron chi connectivity index (χ0n) is 11.6. The molecule has 0 spiro atoms. The predicted octanol–water partition coefficient (Wildman–Crippen LogP) is 3.90. The van der Waals surface area contributed by atoms with Gasteiger partial charge in [0.1, 0.15) is 5.82 Å². The molecule has 110 valence electrons. The first-order valence-corrected chi connectivity index (χ1v) is 7.81. The molecule has 0 bridgehead atoms. The number of likely N-dealkylation sites (N-methyl/N-ethyl adjacent to an activating group) is 1. The van der Waals surface area contributed by atoms with Gasteiger partial charge >= 0.3 is 0 Å². The Balaban J connectivity index is 0.00000200. The number of pyridine rings is 1. The zero-order chi connectivity index (χ0) is 13.7. The van der Waals surface area contributed by atoms with Crippen LogP contribution in [0.5, 0.6) is 0 Å². The second-order valence-corrected chi connectivity index (χ2v) is 7.17. The first-order chi connectivity index (χ1) is 9.15. The van der Waals surface area contributed by atoms with Crippen molar-refractivity contribution >= 4 is 45.5 Å². The summed E-state index contributed by atoms with van der Waals surface area (Å²) in [5.74, 6) is 1.04. The summed E-state index contributed by atoms with van der Waals surface area (Å²) in [7, 11) is 4.19. The molecule has 0 saturated heterocycles. The molecule has 2 rings (SSSR count). The third kappa shape index (κ3) is 5.40. The summed E-state index contributed by atoms with van der Waals surface area (Å²) < 4.78 is 1.18. The molecule has 20 heavy (non-hydrogen) atoms. The van der Waals surface area contributed by atoms with Gasteiger partial charge < -0.3 is 9.80 Å². The van der Waals surface area contributed by atoms with Crippen molar-refractivity contribution in [3.8, 4) is 0 Å². The lowest BCUT2D eigenvalue weighted by Gasteiger charge is -2.24. The Labute approximate surface area is 139 Å². The highest BCUT2D eigenvalue weighted by Crippen LogP contribution is 2.24. The number of rotatable bonds is 6. The molecule has 0 unspecified atom stereocenters. The summed E-state index contributed by atoms with van der Waals surface area (Å²) in [5, 5.41) is 0. The van der Waals surface area contributed by atoms with Crippen molar-refractivity contribution in [1.29, 1.82) is 0 Å². The molecule has 0 fully saturated rings. The highest BCUT2D eigenvalue weighted by molar-refractivity contribution is 9.11. The lowest BCUT2D eigenvalue weighted by molar-refractivity contribution is 0.412. The van der Waals surface area contributed by atoms with Crippen molar-refractivity contribution in [2.75, 3.05) is 32.1 Å². The van der Waals surface area contributed by atoms with Gasteiger partial charge in [0.15, 0.2) is 0 Å². The summed E-state index contributed by atoms with van der Waals surface area (Å²) in [5.41, 5.74) is 0. The van der Waals surface area contributed by atoms with Gasteiger partial charge in [-0.05, 0) is 54.3 Å². The fraction of sp³-hybridized carbons (Fsp3) is 0.357. The van der Waals surface area contributed by atoms with Crippen molar-refractivity contribution in [1.82, 2.24) is 9.88 Å². The molecule has 0 N–H and O–H groups in total. The van der Waals surface area contributed by atoms with E-state index in [4.69, 9.17) is 0 Å². The number of hydrogen-bond acceptors (Lipinski definition) is 4. The third-order valence-corrected chi connectivity index (χ3v) is 4.37. The largest absolute Gasteiger partial charge is 0.350 e. The van der Waals surface area contributed by atoms with E-state index >= 15 is 0 Å². The van der Waals surface area contributed by atoms with Gasteiger partial charge in [0, 0.05) is 24.2 Å². The number of nitrogens with zero attached hydrogens (tertiary/aromatic N) is 3. The second kappa shape index (κ2) is 8.62. The van der Waals surface area contributed by atoms with E-state index in [1.807, 2.05) is 18.3 Å². The molecule has 0 radical (unpaired) electrons. The van der Waals surface area contributed by atoms with Crippen LogP contribution in [0, 0.1) is 0 Å². The Kier molecular flexibility index (Phi) is 7.51. The number of thiophene rings is 1. The number of hydrogen-bond donors (Lipinski definition) is 0. The van der Waals surface area contributed by atoms with Crippen LogP contribution in [0.15, 0.2) is 40.3 Å². The average molecular weight is 377 g/mol. The van der Waals surface area contributed by atoms with Gasteiger partial charge in [-0.25, -0.2) is 4.98 Å². The molecule has 0 saturated carbocycles. The molecule has 0 aliphatic carbocycles. The smallest absolute Gasteiger partial charge is 0.128 e. The van der Waals surface area contributed by atoms with Crippen molar-refractivity contribution in [3.05, 3.63) is 45.2 Å². The fourth-order valence-electron chi connectivity index (χ4n) is 1.76. The zero-order valence-corrected chi connectivity index (χ0v) is 14.8. The van der Waals surface area contributed by atoms with Crippen LogP contribution in [0.3, 0.4) is 0 Å². The molecule has 0 aliphatic heterocycles. The molecule has 0 amide bonds. The Bertz CT molecular complexity index is 504. The van der Waals surface area contributed by atoms with Crippen molar-refractivity contribution in [2.45, 2.75) is 6.54 Å². The summed E-state index contributed by atoms with van der Waals surface area (Å²) in [4.78, 5) is 10.3. The van der Waals surface area contributed by atoms with Crippen LogP contribution in [-0.4, -0.2) is 37.1 Å². The molecular weight excluding hydrogens is 358 g/mol.